The first-order chi connectivity index (χ1) is 15.1. The maximum Gasteiger partial charge on any atom is 0.0594 e. The van der Waals surface area contributed by atoms with E-state index >= 15 is 0 Å². The molecule has 4 aliphatic rings. The van der Waals surface area contributed by atoms with Crippen LogP contribution in [0.15, 0.2) is 47.1 Å². The molecule has 0 unspecified atom stereocenters. The molecule has 0 heterocycles. The van der Waals surface area contributed by atoms with E-state index in [1.54, 1.807) is 16.7 Å². The van der Waals surface area contributed by atoms with Gasteiger partial charge in [-0.05, 0) is 109 Å². The molecule has 4 aliphatic carbocycles. The molecule has 1 aromatic carbocycles. The van der Waals surface area contributed by atoms with Gasteiger partial charge in [0.1, 0.15) is 0 Å². The molecule has 6 atom stereocenters. The highest BCUT2D eigenvalue weighted by atomic mass is 16.3. The summed E-state index contributed by atoms with van der Waals surface area (Å²) in [6.45, 7) is 14.5. The predicted octanol–water partition coefficient (Wildman–Crippen LogP) is 7.81. The summed E-state index contributed by atoms with van der Waals surface area (Å²) in [5.74, 6) is 2.07. The van der Waals surface area contributed by atoms with Gasteiger partial charge in [-0.25, -0.2) is 0 Å². The molecule has 1 heteroatoms. The average Bonchev–Trinajstić information content (AvgIpc) is 3.10. The van der Waals surface area contributed by atoms with E-state index < -0.39 is 0 Å². The highest BCUT2D eigenvalue weighted by Gasteiger charge is 2.57. The number of aryl methyl sites for hydroxylation is 1. The summed E-state index contributed by atoms with van der Waals surface area (Å²) in [5.41, 5.74) is 8.75. The first-order valence-electron chi connectivity index (χ1n) is 13.2. The van der Waals surface area contributed by atoms with Crippen molar-refractivity contribution in [3.63, 3.8) is 0 Å². The number of benzene rings is 1. The Bertz CT molecular complexity index is 947. The van der Waals surface area contributed by atoms with Crippen LogP contribution in [0.4, 0.5) is 0 Å². The Labute approximate surface area is 196 Å². The van der Waals surface area contributed by atoms with E-state index in [2.05, 4.69) is 71.9 Å². The fraction of sp³-hybridized carbons (Fsp3) is 0.677. The molecule has 0 aliphatic heterocycles. The first kappa shape index (κ1) is 22.5. The molecule has 1 saturated carbocycles. The minimum absolute atomic E-state index is 0.0292. The zero-order chi connectivity index (χ0) is 22.9. The van der Waals surface area contributed by atoms with Crippen molar-refractivity contribution in [2.24, 2.45) is 34.0 Å². The monoisotopic (exact) mass is 432 g/mol. The number of rotatable bonds is 3. The van der Waals surface area contributed by atoms with Gasteiger partial charge in [0.25, 0.3) is 0 Å². The van der Waals surface area contributed by atoms with Crippen molar-refractivity contribution in [2.45, 2.75) is 99.0 Å². The van der Waals surface area contributed by atoms with E-state index in [-0.39, 0.29) is 16.9 Å². The van der Waals surface area contributed by atoms with Gasteiger partial charge in [-0.2, -0.15) is 0 Å². The molecule has 5 rings (SSSR count). The van der Waals surface area contributed by atoms with E-state index in [0.717, 1.165) is 12.3 Å². The molecule has 0 amide bonds. The lowest BCUT2D eigenvalue weighted by molar-refractivity contribution is -0.0905. The highest BCUT2D eigenvalue weighted by molar-refractivity contribution is 5.50. The van der Waals surface area contributed by atoms with Crippen LogP contribution < -0.4 is 0 Å². The van der Waals surface area contributed by atoms with Gasteiger partial charge in [0, 0.05) is 0 Å². The van der Waals surface area contributed by atoms with Gasteiger partial charge >= 0.3 is 0 Å². The van der Waals surface area contributed by atoms with Gasteiger partial charge in [0.05, 0.1) is 6.10 Å². The standard InChI is InChI=1S/C31H44O/c1-20-7-9-22(10-8-20)19-21(2)24-12-13-25-23-11-14-27-29(3,4)28(32)16-18-31(27,6)26(23)15-17-30(24,25)5/h7-10,13,21,24,27-28,32H,11-12,14-19H2,1-6H3/t21-,24-,27+,28+,30-,31-/m1/s1. The van der Waals surface area contributed by atoms with Crippen LogP contribution in [0.25, 0.3) is 0 Å². The molecular weight excluding hydrogens is 388 g/mol. The third-order valence-electron chi connectivity index (χ3n) is 10.8. The average molecular weight is 433 g/mol. The Balaban J connectivity index is 1.42. The lowest BCUT2D eigenvalue weighted by Crippen LogP contribution is -2.53. The van der Waals surface area contributed by atoms with Crippen LogP contribution in [0.5, 0.6) is 0 Å². The van der Waals surface area contributed by atoms with Crippen molar-refractivity contribution in [3.8, 4) is 0 Å². The van der Waals surface area contributed by atoms with Gasteiger partial charge in [-0.15, -0.1) is 0 Å². The summed E-state index contributed by atoms with van der Waals surface area (Å²) in [7, 11) is 0. The van der Waals surface area contributed by atoms with Crippen molar-refractivity contribution < 1.29 is 5.11 Å². The summed E-state index contributed by atoms with van der Waals surface area (Å²) < 4.78 is 0. The summed E-state index contributed by atoms with van der Waals surface area (Å²) in [5, 5.41) is 10.8. The van der Waals surface area contributed by atoms with Crippen LogP contribution in [0.2, 0.25) is 0 Å². The van der Waals surface area contributed by atoms with E-state index in [9.17, 15) is 5.11 Å². The number of fused-ring (bicyclic) bond motifs is 4. The molecule has 0 aromatic heterocycles. The fourth-order valence-electron chi connectivity index (χ4n) is 8.81. The third-order valence-corrected chi connectivity index (χ3v) is 10.8. The molecule has 0 spiro atoms. The molecule has 0 radical (unpaired) electrons. The number of aliphatic hydroxyl groups excluding tert-OH is 1. The second-order valence-electron chi connectivity index (χ2n) is 12.9. The van der Waals surface area contributed by atoms with Gasteiger partial charge < -0.3 is 5.11 Å². The van der Waals surface area contributed by atoms with Crippen LogP contribution >= 0.6 is 0 Å². The zero-order valence-corrected chi connectivity index (χ0v) is 21.3. The fourth-order valence-corrected chi connectivity index (χ4v) is 8.81. The Morgan fingerprint density at radius 3 is 2.41 bits per heavy atom. The van der Waals surface area contributed by atoms with Crippen LogP contribution in [-0.2, 0) is 6.42 Å². The lowest BCUT2D eigenvalue weighted by Gasteiger charge is -2.59. The van der Waals surface area contributed by atoms with Crippen molar-refractivity contribution >= 4 is 0 Å². The van der Waals surface area contributed by atoms with Crippen LogP contribution in [0.1, 0.15) is 90.7 Å². The zero-order valence-electron chi connectivity index (χ0n) is 21.3. The Hall–Kier alpha value is -1.34. The van der Waals surface area contributed by atoms with E-state index in [1.807, 2.05) is 0 Å². The Morgan fingerprint density at radius 2 is 1.69 bits per heavy atom. The molecule has 0 saturated heterocycles. The van der Waals surface area contributed by atoms with Crippen molar-refractivity contribution in [3.05, 3.63) is 58.2 Å². The molecule has 32 heavy (non-hydrogen) atoms. The van der Waals surface area contributed by atoms with Gasteiger partial charge in [0.15, 0.2) is 0 Å². The number of allylic oxidation sites excluding steroid dienone is 4. The van der Waals surface area contributed by atoms with Crippen molar-refractivity contribution in [1.29, 1.82) is 0 Å². The van der Waals surface area contributed by atoms with Crippen LogP contribution in [0, 0.1) is 40.9 Å². The maximum atomic E-state index is 10.8. The molecule has 1 nitrogen and oxygen atoms in total. The van der Waals surface area contributed by atoms with E-state index in [0.29, 0.717) is 17.3 Å². The summed E-state index contributed by atoms with van der Waals surface area (Å²) in [6, 6.07) is 9.20. The second-order valence-corrected chi connectivity index (χ2v) is 12.9. The third kappa shape index (κ3) is 3.21. The smallest absolute Gasteiger partial charge is 0.0594 e. The van der Waals surface area contributed by atoms with Gasteiger partial charge in [-0.3, -0.25) is 0 Å². The summed E-state index contributed by atoms with van der Waals surface area (Å²) >= 11 is 0. The lowest BCUT2D eigenvalue weighted by atomic mass is 9.46. The topological polar surface area (TPSA) is 20.2 Å². The van der Waals surface area contributed by atoms with Crippen LogP contribution in [0.3, 0.4) is 0 Å². The molecule has 1 aromatic rings. The number of hydrogen-bond acceptors (Lipinski definition) is 1. The number of hydrogen-bond donors (Lipinski definition) is 1. The summed E-state index contributed by atoms with van der Waals surface area (Å²) in [4.78, 5) is 0. The molecule has 0 bridgehead atoms. The Morgan fingerprint density at radius 1 is 0.969 bits per heavy atom. The molecule has 1 fully saturated rings. The minimum atomic E-state index is -0.144. The quantitative estimate of drug-likeness (QED) is 0.516. The highest BCUT2D eigenvalue weighted by Crippen LogP contribution is 2.66. The van der Waals surface area contributed by atoms with Gasteiger partial charge in [0.2, 0.25) is 0 Å². The largest absolute Gasteiger partial charge is 0.393 e. The van der Waals surface area contributed by atoms with Crippen LogP contribution in [-0.4, -0.2) is 11.2 Å². The van der Waals surface area contributed by atoms with Gasteiger partial charge in [-0.1, -0.05) is 76.1 Å². The SMILES string of the molecule is Cc1ccc(C[C@@H](C)[C@H]2CC=C3C4=C(CC[C@@]32C)[C@@]2(C)CC[C@H](O)C(C)(C)[C@@H]2CC4)cc1. The van der Waals surface area contributed by atoms with Crippen molar-refractivity contribution in [2.75, 3.05) is 0 Å². The molecule has 1 N–H and O–H groups in total. The molecule has 174 valence electrons. The molecular formula is C31H44O. The Kier molecular flexibility index (Phi) is 5.32. The maximum absolute atomic E-state index is 10.8. The first-order valence-corrected chi connectivity index (χ1v) is 13.2. The predicted molar refractivity (Wildman–Crippen MR) is 134 cm³/mol. The summed E-state index contributed by atoms with van der Waals surface area (Å²) in [6.07, 6.45) is 12.1. The van der Waals surface area contributed by atoms with E-state index in [4.69, 9.17) is 0 Å². The number of aliphatic hydroxyl groups is 1. The second kappa shape index (κ2) is 7.59. The van der Waals surface area contributed by atoms with Crippen molar-refractivity contribution in [1.82, 2.24) is 0 Å². The normalized spacial score (nSPS) is 39.1. The minimum Gasteiger partial charge on any atom is -0.393 e. The van der Waals surface area contributed by atoms with E-state index in [1.165, 1.54) is 56.1 Å².